The van der Waals surface area contributed by atoms with Gasteiger partial charge in [-0.05, 0) is 73.2 Å². The lowest BCUT2D eigenvalue weighted by Crippen LogP contribution is -2.45. The maximum Gasteiger partial charge on any atom is 0.258 e. The summed E-state index contributed by atoms with van der Waals surface area (Å²) < 4.78 is 16.6. The van der Waals surface area contributed by atoms with Crippen LogP contribution in [0.4, 0.5) is 0 Å². The second-order valence-corrected chi connectivity index (χ2v) is 8.57. The average molecular weight is 493 g/mol. The minimum absolute atomic E-state index is 0.287. The fourth-order valence-electron chi connectivity index (χ4n) is 3.90. The van der Waals surface area contributed by atoms with E-state index in [0.29, 0.717) is 28.4 Å². The van der Waals surface area contributed by atoms with Crippen LogP contribution in [0.15, 0.2) is 81.6 Å². The van der Waals surface area contributed by atoms with E-state index in [2.05, 4.69) is 10.5 Å². The van der Waals surface area contributed by atoms with E-state index < -0.39 is 0 Å². The molecule has 0 amide bonds. The molecule has 1 aliphatic heterocycles. The molecule has 3 heterocycles. The van der Waals surface area contributed by atoms with Crippen LogP contribution in [0.1, 0.15) is 30.2 Å². The fourth-order valence-corrected chi connectivity index (χ4v) is 4.35. The van der Waals surface area contributed by atoms with Gasteiger partial charge in [0.2, 0.25) is 5.82 Å². The van der Waals surface area contributed by atoms with Gasteiger partial charge in [-0.25, -0.2) is 0 Å². The van der Waals surface area contributed by atoms with E-state index in [-0.39, 0.29) is 6.04 Å². The van der Waals surface area contributed by atoms with Crippen molar-refractivity contribution in [3.05, 3.63) is 94.9 Å². The van der Waals surface area contributed by atoms with E-state index in [1.54, 1.807) is 25.5 Å². The van der Waals surface area contributed by atoms with Gasteiger partial charge in [-0.2, -0.15) is 4.98 Å². The topological polar surface area (TPSA) is 76.6 Å². The molecule has 0 saturated heterocycles. The number of hydrogen-bond acceptors (Lipinski definition) is 6. The summed E-state index contributed by atoms with van der Waals surface area (Å²) >= 11 is 11.8. The van der Waals surface area contributed by atoms with Gasteiger partial charge < -0.3 is 23.9 Å². The molecular formula is C25H21ClN4O3S. The van der Waals surface area contributed by atoms with Crippen LogP contribution in [-0.2, 0) is 6.54 Å². The maximum absolute atomic E-state index is 6.03. The van der Waals surface area contributed by atoms with E-state index in [9.17, 15) is 0 Å². The first-order valence-corrected chi connectivity index (χ1v) is 11.4. The number of furan rings is 1. The summed E-state index contributed by atoms with van der Waals surface area (Å²) in [5.74, 6) is 2.44. The number of allylic oxidation sites excluding steroid dienone is 1. The predicted octanol–water partition coefficient (Wildman–Crippen LogP) is 5.85. The summed E-state index contributed by atoms with van der Waals surface area (Å²) in [4.78, 5) is 6.68. The van der Waals surface area contributed by atoms with Crippen LogP contribution in [0.3, 0.4) is 0 Å². The molecule has 34 heavy (non-hydrogen) atoms. The Morgan fingerprint density at radius 2 is 1.88 bits per heavy atom. The molecule has 5 rings (SSSR count). The van der Waals surface area contributed by atoms with Gasteiger partial charge >= 0.3 is 0 Å². The SMILES string of the molecule is COc1ccc(C2NC(=S)N(Cc3ccco3)C(C)=C2c2nc(-c3ccc(Cl)cc3)no2)cc1. The van der Waals surface area contributed by atoms with Crippen molar-refractivity contribution in [2.75, 3.05) is 7.11 Å². The molecule has 0 bridgehead atoms. The number of nitrogens with one attached hydrogen (secondary N) is 1. The molecule has 1 aliphatic rings. The zero-order valence-corrected chi connectivity index (χ0v) is 20.1. The predicted molar refractivity (Wildman–Crippen MR) is 133 cm³/mol. The summed E-state index contributed by atoms with van der Waals surface area (Å²) in [5, 5.41) is 8.88. The molecule has 0 spiro atoms. The fraction of sp³-hybridized carbons (Fsp3) is 0.160. The average Bonchev–Trinajstić information content (AvgIpc) is 3.54. The normalized spacial score (nSPS) is 16.0. The molecule has 9 heteroatoms. The molecule has 0 aliphatic carbocycles. The minimum atomic E-state index is -0.287. The number of aromatic nitrogens is 2. The Morgan fingerprint density at radius 3 is 2.56 bits per heavy atom. The molecule has 2 aromatic carbocycles. The highest BCUT2D eigenvalue weighted by Gasteiger charge is 2.34. The van der Waals surface area contributed by atoms with E-state index in [1.165, 1.54) is 0 Å². The van der Waals surface area contributed by atoms with Crippen LogP contribution < -0.4 is 10.1 Å². The van der Waals surface area contributed by atoms with Crippen molar-refractivity contribution in [1.82, 2.24) is 20.4 Å². The molecule has 1 N–H and O–H groups in total. The van der Waals surface area contributed by atoms with Crippen molar-refractivity contribution in [2.45, 2.75) is 19.5 Å². The van der Waals surface area contributed by atoms with Gasteiger partial charge in [-0.15, -0.1) is 0 Å². The molecule has 7 nitrogen and oxygen atoms in total. The quantitative estimate of drug-likeness (QED) is 0.336. The first-order chi connectivity index (χ1) is 16.5. The standard InChI is InChI=1S/C25H21ClN4O3S/c1-15-21(24-28-23(29-33-24)17-5-9-18(26)10-6-17)22(16-7-11-19(31-2)12-8-16)27-25(34)30(15)14-20-4-3-13-32-20/h3-13,22H,14H2,1-2H3,(H,27,34). The van der Waals surface area contributed by atoms with Crippen LogP contribution in [0.2, 0.25) is 5.02 Å². The van der Waals surface area contributed by atoms with Crippen LogP contribution in [0.25, 0.3) is 17.0 Å². The monoisotopic (exact) mass is 492 g/mol. The number of methoxy groups -OCH3 is 1. The van der Waals surface area contributed by atoms with E-state index in [1.807, 2.05) is 60.4 Å². The highest BCUT2D eigenvalue weighted by molar-refractivity contribution is 7.80. The summed E-state index contributed by atoms with van der Waals surface area (Å²) in [7, 11) is 1.64. The number of rotatable bonds is 6. The van der Waals surface area contributed by atoms with Gasteiger partial charge in [0.15, 0.2) is 5.11 Å². The lowest BCUT2D eigenvalue weighted by molar-refractivity contribution is 0.382. The Hall–Kier alpha value is -3.62. The first kappa shape index (κ1) is 22.2. The molecule has 0 saturated carbocycles. The molecule has 1 unspecified atom stereocenters. The second-order valence-electron chi connectivity index (χ2n) is 7.75. The number of hydrogen-bond donors (Lipinski definition) is 1. The third-order valence-corrected chi connectivity index (χ3v) is 6.29. The van der Waals surface area contributed by atoms with Crippen molar-refractivity contribution in [2.24, 2.45) is 0 Å². The molecule has 0 radical (unpaired) electrons. The number of halogens is 1. The second kappa shape index (κ2) is 9.32. The number of nitrogens with zero attached hydrogens (tertiary/aromatic N) is 3. The van der Waals surface area contributed by atoms with Crippen molar-refractivity contribution in [1.29, 1.82) is 0 Å². The van der Waals surface area contributed by atoms with Crippen LogP contribution in [0, 0.1) is 0 Å². The van der Waals surface area contributed by atoms with Gasteiger partial charge in [-0.1, -0.05) is 28.9 Å². The van der Waals surface area contributed by atoms with Crippen LogP contribution in [0.5, 0.6) is 5.75 Å². The first-order valence-electron chi connectivity index (χ1n) is 10.6. The van der Waals surface area contributed by atoms with Crippen molar-refractivity contribution in [3.8, 4) is 17.1 Å². The van der Waals surface area contributed by atoms with Crippen LogP contribution >= 0.6 is 23.8 Å². The minimum Gasteiger partial charge on any atom is -0.497 e. The van der Waals surface area contributed by atoms with E-state index in [4.69, 9.17) is 42.5 Å². The summed E-state index contributed by atoms with van der Waals surface area (Å²) in [6.45, 7) is 2.47. The van der Waals surface area contributed by atoms with Crippen molar-refractivity contribution < 1.29 is 13.7 Å². The smallest absolute Gasteiger partial charge is 0.258 e. The third-order valence-electron chi connectivity index (χ3n) is 5.70. The Labute approximate surface area is 207 Å². The lowest BCUT2D eigenvalue weighted by atomic mass is 9.94. The Bertz CT molecular complexity index is 1330. The zero-order valence-electron chi connectivity index (χ0n) is 18.5. The van der Waals surface area contributed by atoms with Gasteiger partial charge in [-0.3, -0.25) is 0 Å². The van der Waals surface area contributed by atoms with Crippen LogP contribution in [-0.4, -0.2) is 27.3 Å². The maximum atomic E-state index is 6.03. The number of ether oxygens (including phenoxy) is 1. The summed E-state index contributed by atoms with van der Waals surface area (Å²) in [6, 6.07) is 18.6. The van der Waals surface area contributed by atoms with Gasteiger partial charge in [0.1, 0.15) is 11.5 Å². The van der Waals surface area contributed by atoms with Gasteiger partial charge in [0.05, 0.1) is 31.5 Å². The van der Waals surface area contributed by atoms with Crippen molar-refractivity contribution in [3.63, 3.8) is 0 Å². The molecule has 4 aromatic rings. The summed E-state index contributed by atoms with van der Waals surface area (Å²) in [5.41, 5.74) is 3.53. The Kier molecular flexibility index (Phi) is 6.08. The van der Waals surface area contributed by atoms with Gasteiger partial charge in [0.25, 0.3) is 5.89 Å². The zero-order chi connectivity index (χ0) is 23.7. The highest BCUT2D eigenvalue weighted by atomic mass is 35.5. The number of benzene rings is 2. The Balaban J connectivity index is 1.58. The summed E-state index contributed by atoms with van der Waals surface area (Å²) in [6.07, 6.45) is 1.65. The molecule has 1 atom stereocenters. The largest absolute Gasteiger partial charge is 0.497 e. The van der Waals surface area contributed by atoms with Gasteiger partial charge in [0, 0.05) is 16.3 Å². The Morgan fingerprint density at radius 1 is 1.12 bits per heavy atom. The van der Waals surface area contributed by atoms with E-state index >= 15 is 0 Å². The molecule has 172 valence electrons. The third kappa shape index (κ3) is 4.30. The van der Waals surface area contributed by atoms with E-state index in [0.717, 1.165) is 33.9 Å². The lowest BCUT2D eigenvalue weighted by Gasteiger charge is -2.37. The molecule has 0 fully saturated rings. The van der Waals surface area contributed by atoms with Crippen molar-refractivity contribution >= 4 is 34.5 Å². The molecular weight excluding hydrogens is 472 g/mol. The molecule has 2 aromatic heterocycles. The number of thiocarbonyl (C=S) groups is 1. The highest BCUT2D eigenvalue weighted by Crippen LogP contribution is 2.38.